The summed E-state index contributed by atoms with van der Waals surface area (Å²) in [6.07, 6.45) is 4.61. The number of ether oxygens (including phenoxy) is 1. The van der Waals surface area contributed by atoms with E-state index in [1.165, 1.54) is 0 Å². The van der Waals surface area contributed by atoms with Gasteiger partial charge in [-0.05, 0) is 26.3 Å². The lowest BCUT2D eigenvalue weighted by Gasteiger charge is -2.23. The van der Waals surface area contributed by atoms with Crippen LogP contribution in [0.5, 0.6) is 0 Å². The fourth-order valence-electron chi connectivity index (χ4n) is 1.99. The van der Waals surface area contributed by atoms with Crippen LogP contribution in [-0.2, 0) is 9.53 Å². The molecule has 1 aromatic rings. The smallest absolute Gasteiger partial charge is 0.323 e. The van der Waals surface area contributed by atoms with Gasteiger partial charge in [0.2, 0.25) is 0 Å². The van der Waals surface area contributed by atoms with Crippen LogP contribution in [0.2, 0.25) is 0 Å². The standard InChI is InChI=1S/C12H19N3O2/c1-8-6-13-15(7-8)10(3)9(2)14-11-4-5-17-12(11)16/h6-7,9-11,14H,4-5H2,1-3H3/t9-,10-,11+/m1/s1. The molecule has 5 heteroatoms. The molecule has 1 aromatic heterocycles. The number of aryl methyl sites for hydroxylation is 1. The van der Waals surface area contributed by atoms with Crippen LogP contribution in [-0.4, -0.2) is 34.4 Å². The van der Waals surface area contributed by atoms with Crippen molar-refractivity contribution in [2.75, 3.05) is 6.61 Å². The topological polar surface area (TPSA) is 56.1 Å². The molecule has 1 saturated heterocycles. The average Bonchev–Trinajstić information content (AvgIpc) is 2.88. The van der Waals surface area contributed by atoms with Gasteiger partial charge in [-0.25, -0.2) is 0 Å². The minimum atomic E-state index is -0.163. The molecular formula is C12H19N3O2. The molecule has 17 heavy (non-hydrogen) atoms. The molecule has 0 bridgehead atoms. The van der Waals surface area contributed by atoms with E-state index >= 15 is 0 Å². The van der Waals surface area contributed by atoms with E-state index in [9.17, 15) is 4.79 Å². The predicted octanol–water partition coefficient (Wildman–Crippen LogP) is 1.05. The summed E-state index contributed by atoms with van der Waals surface area (Å²) in [7, 11) is 0. The Bertz CT molecular complexity index is 402. The Balaban J connectivity index is 1.95. The molecule has 0 amide bonds. The average molecular weight is 237 g/mol. The normalized spacial score (nSPS) is 23.5. The summed E-state index contributed by atoms with van der Waals surface area (Å²) in [5.74, 6) is -0.138. The highest BCUT2D eigenvalue weighted by Crippen LogP contribution is 2.14. The summed E-state index contributed by atoms with van der Waals surface area (Å²) in [4.78, 5) is 11.4. The Morgan fingerprint density at radius 1 is 1.59 bits per heavy atom. The first-order chi connectivity index (χ1) is 8.08. The molecule has 0 unspecified atom stereocenters. The predicted molar refractivity (Wildman–Crippen MR) is 63.6 cm³/mol. The first kappa shape index (κ1) is 12.1. The molecule has 0 aromatic carbocycles. The van der Waals surface area contributed by atoms with Crippen LogP contribution in [0.1, 0.15) is 31.9 Å². The van der Waals surface area contributed by atoms with Gasteiger partial charge in [-0.3, -0.25) is 14.8 Å². The lowest BCUT2D eigenvalue weighted by atomic mass is 10.1. The summed E-state index contributed by atoms with van der Waals surface area (Å²) in [6, 6.07) is 0.214. The fourth-order valence-corrected chi connectivity index (χ4v) is 1.99. The van der Waals surface area contributed by atoms with Crippen LogP contribution in [0.15, 0.2) is 12.4 Å². The molecule has 1 aliphatic heterocycles. The van der Waals surface area contributed by atoms with Crippen molar-refractivity contribution < 1.29 is 9.53 Å². The number of esters is 1. The largest absolute Gasteiger partial charge is 0.464 e. The number of cyclic esters (lactones) is 1. The highest BCUT2D eigenvalue weighted by Gasteiger charge is 2.29. The number of nitrogens with zero attached hydrogens (tertiary/aromatic N) is 2. The maximum atomic E-state index is 11.4. The zero-order valence-corrected chi connectivity index (χ0v) is 10.5. The highest BCUT2D eigenvalue weighted by molar-refractivity contribution is 5.77. The number of carbonyl (C=O) groups is 1. The second kappa shape index (κ2) is 4.87. The summed E-state index contributed by atoms with van der Waals surface area (Å²) in [6.45, 7) is 6.69. The fraction of sp³-hybridized carbons (Fsp3) is 0.667. The van der Waals surface area contributed by atoms with E-state index in [1.807, 2.05) is 24.0 Å². The molecule has 5 nitrogen and oxygen atoms in total. The molecule has 3 atom stereocenters. The number of nitrogens with one attached hydrogen (secondary N) is 1. The lowest BCUT2D eigenvalue weighted by Crippen LogP contribution is -2.43. The summed E-state index contributed by atoms with van der Waals surface area (Å²) >= 11 is 0. The van der Waals surface area contributed by atoms with Gasteiger partial charge in [0.1, 0.15) is 6.04 Å². The molecule has 0 aliphatic carbocycles. The van der Waals surface area contributed by atoms with Gasteiger partial charge in [0.15, 0.2) is 0 Å². The zero-order chi connectivity index (χ0) is 12.4. The molecule has 2 rings (SSSR count). The van der Waals surface area contributed by atoms with Gasteiger partial charge in [0.25, 0.3) is 0 Å². The van der Waals surface area contributed by atoms with E-state index in [2.05, 4.69) is 24.3 Å². The van der Waals surface area contributed by atoms with Crippen molar-refractivity contribution >= 4 is 5.97 Å². The van der Waals surface area contributed by atoms with E-state index in [-0.39, 0.29) is 24.1 Å². The molecular weight excluding hydrogens is 218 g/mol. The number of aromatic nitrogens is 2. The second-order valence-corrected chi connectivity index (χ2v) is 4.70. The summed E-state index contributed by atoms with van der Waals surface area (Å²) < 4.78 is 6.86. The number of rotatable bonds is 4. The monoisotopic (exact) mass is 237 g/mol. The van der Waals surface area contributed by atoms with Crippen molar-refractivity contribution in [3.63, 3.8) is 0 Å². The summed E-state index contributed by atoms with van der Waals surface area (Å²) in [5.41, 5.74) is 1.14. The van der Waals surface area contributed by atoms with Gasteiger partial charge in [-0.2, -0.15) is 5.10 Å². The van der Waals surface area contributed by atoms with Crippen LogP contribution in [0.25, 0.3) is 0 Å². The lowest BCUT2D eigenvalue weighted by molar-refractivity contribution is -0.139. The second-order valence-electron chi connectivity index (χ2n) is 4.70. The maximum Gasteiger partial charge on any atom is 0.323 e. The van der Waals surface area contributed by atoms with Crippen molar-refractivity contribution in [1.82, 2.24) is 15.1 Å². The summed E-state index contributed by atoms with van der Waals surface area (Å²) in [5, 5.41) is 7.59. The van der Waals surface area contributed by atoms with Gasteiger partial charge < -0.3 is 4.74 Å². The minimum Gasteiger partial charge on any atom is -0.464 e. The molecule has 0 radical (unpaired) electrons. The van der Waals surface area contributed by atoms with Crippen molar-refractivity contribution in [3.05, 3.63) is 18.0 Å². The maximum absolute atomic E-state index is 11.4. The van der Waals surface area contributed by atoms with Crippen molar-refractivity contribution in [2.24, 2.45) is 0 Å². The Hall–Kier alpha value is -1.36. The van der Waals surface area contributed by atoms with Gasteiger partial charge in [-0.1, -0.05) is 0 Å². The Morgan fingerprint density at radius 3 is 2.88 bits per heavy atom. The quantitative estimate of drug-likeness (QED) is 0.795. The Labute approximate surface area is 101 Å². The van der Waals surface area contributed by atoms with E-state index in [4.69, 9.17) is 4.74 Å². The van der Waals surface area contributed by atoms with E-state index in [0.29, 0.717) is 6.61 Å². The van der Waals surface area contributed by atoms with Crippen LogP contribution in [0, 0.1) is 6.92 Å². The van der Waals surface area contributed by atoms with Crippen LogP contribution < -0.4 is 5.32 Å². The van der Waals surface area contributed by atoms with Crippen molar-refractivity contribution in [3.8, 4) is 0 Å². The molecule has 0 saturated carbocycles. The SMILES string of the molecule is Cc1cnn([C@H](C)[C@@H](C)N[C@H]2CCOC2=O)c1. The van der Waals surface area contributed by atoms with Crippen LogP contribution >= 0.6 is 0 Å². The van der Waals surface area contributed by atoms with Gasteiger partial charge in [0.05, 0.1) is 18.8 Å². The molecule has 0 spiro atoms. The van der Waals surface area contributed by atoms with Gasteiger partial charge >= 0.3 is 5.97 Å². The number of carbonyl (C=O) groups excluding carboxylic acids is 1. The van der Waals surface area contributed by atoms with Crippen molar-refractivity contribution in [2.45, 2.75) is 45.3 Å². The first-order valence-electron chi connectivity index (χ1n) is 6.01. The van der Waals surface area contributed by atoms with E-state index in [0.717, 1.165) is 12.0 Å². The van der Waals surface area contributed by atoms with E-state index < -0.39 is 0 Å². The van der Waals surface area contributed by atoms with Crippen LogP contribution in [0.3, 0.4) is 0 Å². The number of hydrogen-bond acceptors (Lipinski definition) is 4. The van der Waals surface area contributed by atoms with Gasteiger partial charge in [-0.15, -0.1) is 0 Å². The third-order valence-corrected chi connectivity index (χ3v) is 3.27. The first-order valence-corrected chi connectivity index (χ1v) is 6.01. The molecule has 94 valence electrons. The van der Waals surface area contributed by atoms with Crippen molar-refractivity contribution in [1.29, 1.82) is 0 Å². The number of hydrogen-bond donors (Lipinski definition) is 1. The Kier molecular flexibility index (Phi) is 3.47. The molecule has 2 heterocycles. The Morgan fingerprint density at radius 2 is 2.35 bits per heavy atom. The van der Waals surface area contributed by atoms with E-state index in [1.54, 1.807) is 0 Å². The molecule has 1 fully saturated rings. The van der Waals surface area contributed by atoms with Crippen LogP contribution in [0.4, 0.5) is 0 Å². The zero-order valence-electron chi connectivity index (χ0n) is 10.5. The molecule has 1 N–H and O–H groups in total. The third kappa shape index (κ3) is 2.66. The van der Waals surface area contributed by atoms with Gasteiger partial charge in [0, 0.05) is 18.7 Å². The highest BCUT2D eigenvalue weighted by atomic mass is 16.5. The molecule has 1 aliphatic rings. The minimum absolute atomic E-state index is 0.138. The third-order valence-electron chi connectivity index (χ3n) is 3.27.